The molecule has 2 unspecified atom stereocenters. The standard InChI is InChI=1S/C27H35N3O3/c28-27(33)22-10-4-9-21(16-22)23-17-24-11-12-25(18-23)30(24)15-14-29(26(32)19-31)13-5-8-20-6-2-1-3-7-20/h1-4,6-7,9-10,16,23-25,31H,5,8,11-15,17-19H2,(H2,28,33). The van der Waals surface area contributed by atoms with Crippen LogP contribution in [0, 0.1) is 0 Å². The minimum absolute atomic E-state index is 0.187. The van der Waals surface area contributed by atoms with Gasteiger partial charge in [0.15, 0.2) is 0 Å². The number of aliphatic hydroxyl groups is 1. The summed E-state index contributed by atoms with van der Waals surface area (Å²) in [6.07, 6.45) is 6.32. The highest BCUT2D eigenvalue weighted by atomic mass is 16.3. The molecule has 176 valence electrons. The summed E-state index contributed by atoms with van der Waals surface area (Å²) in [4.78, 5) is 28.3. The molecular weight excluding hydrogens is 414 g/mol. The maximum absolute atomic E-state index is 12.3. The third-order valence-corrected chi connectivity index (χ3v) is 7.38. The molecule has 2 aliphatic rings. The van der Waals surface area contributed by atoms with Crippen LogP contribution in [0.5, 0.6) is 0 Å². The summed E-state index contributed by atoms with van der Waals surface area (Å²) in [7, 11) is 0. The zero-order chi connectivity index (χ0) is 23.2. The Morgan fingerprint density at radius 2 is 1.73 bits per heavy atom. The van der Waals surface area contributed by atoms with Gasteiger partial charge >= 0.3 is 0 Å². The zero-order valence-corrected chi connectivity index (χ0v) is 19.2. The molecule has 2 aromatic rings. The second-order valence-corrected chi connectivity index (χ2v) is 9.41. The molecule has 3 N–H and O–H groups in total. The maximum Gasteiger partial charge on any atom is 0.248 e. The van der Waals surface area contributed by atoms with E-state index >= 15 is 0 Å². The molecule has 2 amide bonds. The van der Waals surface area contributed by atoms with E-state index in [1.807, 2.05) is 35.2 Å². The van der Waals surface area contributed by atoms with E-state index in [-0.39, 0.29) is 11.8 Å². The lowest BCUT2D eigenvalue weighted by Crippen LogP contribution is -2.47. The molecule has 0 radical (unpaired) electrons. The summed E-state index contributed by atoms with van der Waals surface area (Å²) in [5.41, 5.74) is 8.54. The monoisotopic (exact) mass is 449 g/mol. The first-order valence-corrected chi connectivity index (χ1v) is 12.1. The molecule has 2 atom stereocenters. The van der Waals surface area contributed by atoms with E-state index in [2.05, 4.69) is 23.1 Å². The van der Waals surface area contributed by atoms with E-state index in [0.29, 0.717) is 36.7 Å². The predicted octanol–water partition coefficient (Wildman–Crippen LogP) is 2.95. The lowest BCUT2D eigenvalue weighted by molar-refractivity contribution is -0.134. The topological polar surface area (TPSA) is 86.9 Å². The molecule has 6 heteroatoms. The van der Waals surface area contributed by atoms with Gasteiger partial charge in [0.2, 0.25) is 11.8 Å². The van der Waals surface area contributed by atoms with Gasteiger partial charge in [-0.15, -0.1) is 0 Å². The summed E-state index contributed by atoms with van der Waals surface area (Å²) in [6.45, 7) is 1.74. The number of aryl methyl sites for hydroxylation is 1. The first-order valence-electron chi connectivity index (χ1n) is 12.1. The number of hydrogen-bond donors (Lipinski definition) is 2. The highest BCUT2D eigenvalue weighted by molar-refractivity contribution is 5.92. The third-order valence-electron chi connectivity index (χ3n) is 7.38. The number of primary amides is 1. The fourth-order valence-corrected chi connectivity index (χ4v) is 5.67. The molecule has 2 fully saturated rings. The average molecular weight is 450 g/mol. The molecule has 0 spiro atoms. The number of benzene rings is 2. The van der Waals surface area contributed by atoms with Gasteiger partial charge in [-0.1, -0.05) is 42.5 Å². The van der Waals surface area contributed by atoms with Gasteiger partial charge in [0, 0.05) is 37.3 Å². The summed E-state index contributed by atoms with van der Waals surface area (Å²) < 4.78 is 0. The van der Waals surface area contributed by atoms with Crippen molar-refractivity contribution in [2.45, 2.75) is 56.5 Å². The summed E-state index contributed by atoms with van der Waals surface area (Å²) in [5.74, 6) is -0.120. The van der Waals surface area contributed by atoms with Gasteiger partial charge in [0.05, 0.1) is 0 Å². The van der Waals surface area contributed by atoms with Crippen molar-refractivity contribution < 1.29 is 14.7 Å². The Morgan fingerprint density at radius 1 is 1.00 bits per heavy atom. The third kappa shape index (κ3) is 5.81. The van der Waals surface area contributed by atoms with Crippen molar-refractivity contribution in [3.05, 3.63) is 71.3 Å². The highest BCUT2D eigenvalue weighted by Gasteiger charge is 2.41. The van der Waals surface area contributed by atoms with Gasteiger partial charge in [-0.2, -0.15) is 0 Å². The number of rotatable bonds is 10. The van der Waals surface area contributed by atoms with Crippen LogP contribution in [0.4, 0.5) is 0 Å². The average Bonchev–Trinajstić information content (AvgIpc) is 3.07. The number of aliphatic hydroxyl groups excluding tert-OH is 1. The second-order valence-electron chi connectivity index (χ2n) is 9.41. The minimum Gasteiger partial charge on any atom is -0.387 e. The Kier molecular flexibility index (Phi) is 7.78. The van der Waals surface area contributed by atoms with Crippen LogP contribution in [0.1, 0.15) is 59.5 Å². The number of nitrogens with zero attached hydrogens (tertiary/aromatic N) is 2. The SMILES string of the molecule is NC(=O)c1cccc(C2CC3CCC(C2)N3CCN(CCCc2ccccc2)C(=O)CO)c1. The Hall–Kier alpha value is -2.70. The summed E-state index contributed by atoms with van der Waals surface area (Å²) in [6, 6.07) is 19.1. The highest BCUT2D eigenvalue weighted by Crippen LogP contribution is 2.43. The molecule has 2 bridgehead atoms. The quantitative estimate of drug-likeness (QED) is 0.584. The van der Waals surface area contributed by atoms with Crippen molar-refractivity contribution in [1.29, 1.82) is 0 Å². The molecular formula is C27H35N3O3. The first kappa shape index (κ1) is 23.5. The summed E-state index contributed by atoms with van der Waals surface area (Å²) >= 11 is 0. The molecule has 0 saturated carbocycles. The van der Waals surface area contributed by atoms with E-state index in [0.717, 1.165) is 32.2 Å². The molecule has 2 aromatic carbocycles. The van der Waals surface area contributed by atoms with Gasteiger partial charge in [-0.25, -0.2) is 0 Å². The Balaban J connectivity index is 1.32. The van der Waals surface area contributed by atoms with Crippen LogP contribution < -0.4 is 5.73 Å². The number of carbonyl (C=O) groups excluding carboxylic acids is 2. The Morgan fingerprint density at radius 3 is 2.39 bits per heavy atom. The van der Waals surface area contributed by atoms with Crippen molar-refractivity contribution >= 4 is 11.8 Å². The molecule has 2 aliphatic heterocycles. The smallest absolute Gasteiger partial charge is 0.248 e. The summed E-state index contributed by atoms with van der Waals surface area (Å²) in [5, 5.41) is 9.46. The lowest BCUT2D eigenvalue weighted by Gasteiger charge is -2.40. The van der Waals surface area contributed by atoms with Gasteiger partial charge < -0.3 is 15.7 Å². The minimum atomic E-state index is -0.434. The molecule has 0 aliphatic carbocycles. The van der Waals surface area contributed by atoms with Crippen LogP contribution in [-0.4, -0.2) is 65.0 Å². The molecule has 6 nitrogen and oxygen atoms in total. The zero-order valence-electron chi connectivity index (χ0n) is 19.2. The van der Waals surface area contributed by atoms with Crippen molar-refractivity contribution in [1.82, 2.24) is 9.80 Å². The van der Waals surface area contributed by atoms with Gasteiger partial charge in [-0.05, 0) is 67.7 Å². The van der Waals surface area contributed by atoms with E-state index in [9.17, 15) is 14.7 Å². The second kappa shape index (κ2) is 10.9. The van der Waals surface area contributed by atoms with Gasteiger partial charge in [0.1, 0.15) is 6.61 Å². The van der Waals surface area contributed by atoms with E-state index in [1.54, 1.807) is 6.07 Å². The molecule has 0 aromatic heterocycles. The number of nitrogens with two attached hydrogens (primary N) is 1. The number of piperidine rings is 1. The normalized spacial score (nSPS) is 22.3. The van der Waals surface area contributed by atoms with Crippen LogP contribution in [0.3, 0.4) is 0 Å². The van der Waals surface area contributed by atoms with Gasteiger partial charge in [0.25, 0.3) is 0 Å². The molecule has 2 saturated heterocycles. The number of hydrogen-bond acceptors (Lipinski definition) is 4. The maximum atomic E-state index is 12.3. The number of amides is 2. The molecule has 2 heterocycles. The number of carbonyl (C=O) groups is 2. The largest absolute Gasteiger partial charge is 0.387 e. The van der Waals surface area contributed by atoms with Crippen LogP contribution >= 0.6 is 0 Å². The van der Waals surface area contributed by atoms with Crippen LogP contribution in [0.25, 0.3) is 0 Å². The predicted molar refractivity (Wildman–Crippen MR) is 129 cm³/mol. The van der Waals surface area contributed by atoms with Crippen molar-refractivity contribution in [2.75, 3.05) is 26.2 Å². The van der Waals surface area contributed by atoms with Gasteiger partial charge in [-0.3, -0.25) is 14.5 Å². The Bertz CT molecular complexity index is 935. The Labute approximate surface area is 196 Å². The van der Waals surface area contributed by atoms with Crippen LogP contribution in [0.15, 0.2) is 54.6 Å². The van der Waals surface area contributed by atoms with E-state index in [4.69, 9.17) is 5.73 Å². The lowest BCUT2D eigenvalue weighted by atomic mass is 9.84. The first-order chi connectivity index (χ1) is 16.0. The van der Waals surface area contributed by atoms with Crippen LogP contribution in [0.2, 0.25) is 0 Å². The van der Waals surface area contributed by atoms with E-state index < -0.39 is 6.61 Å². The van der Waals surface area contributed by atoms with Crippen molar-refractivity contribution in [2.24, 2.45) is 5.73 Å². The molecule has 33 heavy (non-hydrogen) atoms. The van der Waals surface area contributed by atoms with Crippen molar-refractivity contribution in [3.63, 3.8) is 0 Å². The number of fused-ring (bicyclic) bond motifs is 2. The fourth-order valence-electron chi connectivity index (χ4n) is 5.67. The fraction of sp³-hybridized carbons (Fsp3) is 0.481. The van der Waals surface area contributed by atoms with Crippen molar-refractivity contribution in [3.8, 4) is 0 Å². The molecule has 4 rings (SSSR count). The van der Waals surface area contributed by atoms with E-state index in [1.165, 1.54) is 24.0 Å². The van der Waals surface area contributed by atoms with Crippen LogP contribution in [-0.2, 0) is 11.2 Å².